The second kappa shape index (κ2) is 8.15. The van der Waals surface area contributed by atoms with Gasteiger partial charge in [-0.1, -0.05) is 18.2 Å². The number of carbonyl (C=O) groups is 2. The summed E-state index contributed by atoms with van der Waals surface area (Å²) in [5.74, 6) is -0.0858. The molecule has 0 unspecified atom stereocenters. The number of hydrogen-bond acceptors (Lipinski definition) is 4. The third kappa shape index (κ3) is 4.38. The minimum absolute atomic E-state index is 0.0264. The Bertz CT molecular complexity index is 851. The third-order valence-corrected chi connectivity index (χ3v) is 3.65. The molecular weight excluding hydrogens is 339 g/mol. The van der Waals surface area contributed by atoms with Crippen LogP contribution in [-0.2, 0) is 4.79 Å². The van der Waals surface area contributed by atoms with Crippen molar-refractivity contribution in [3.8, 4) is 11.5 Å². The molecule has 0 saturated heterocycles. The number of hydrogen-bond donors (Lipinski definition) is 2. The standard InChI is InChI=1S/C19H17FN2O4/c20-15-4-2-1-3-14(15)19(24)22-10-9-21-18(23)8-6-13-5-7-16-17(11-13)26-12-25-16/h1-8,11H,9-10,12H2,(H,21,23)(H,22,24). The van der Waals surface area contributed by atoms with Gasteiger partial charge in [0.1, 0.15) is 5.82 Å². The Kier molecular flexibility index (Phi) is 5.48. The van der Waals surface area contributed by atoms with Crippen molar-refractivity contribution in [2.75, 3.05) is 19.9 Å². The fraction of sp³-hybridized carbons (Fsp3) is 0.158. The molecule has 0 atom stereocenters. The quantitative estimate of drug-likeness (QED) is 0.614. The lowest BCUT2D eigenvalue weighted by molar-refractivity contribution is -0.116. The van der Waals surface area contributed by atoms with Crippen LogP contribution in [-0.4, -0.2) is 31.7 Å². The predicted molar refractivity (Wildman–Crippen MR) is 93.3 cm³/mol. The summed E-state index contributed by atoms with van der Waals surface area (Å²) in [5, 5.41) is 5.19. The highest BCUT2D eigenvalue weighted by Crippen LogP contribution is 2.32. The molecule has 1 aliphatic rings. The van der Waals surface area contributed by atoms with E-state index in [2.05, 4.69) is 10.6 Å². The molecule has 2 amide bonds. The van der Waals surface area contributed by atoms with Gasteiger partial charge in [-0.05, 0) is 35.9 Å². The number of amides is 2. The van der Waals surface area contributed by atoms with Crippen molar-refractivity contribution in [2.24, 2.45) is 0 Å². The van der Waals surface area contributed by atoms with Crippen molar-refractivity contribution in [1.29, 1.82) is 0 Å². The first-order chi connectivity index (χ1) is 12.6. The van der Waals surface area contributed by atoms with E-state index in [4.69, 9.17) is 9.47 Å². The van der Waals surface area contributed by atoms with Crippen molar-refractivity contribution in [3.05, 3.63) is 65.5 Å². The molecule has 0 saturated carbocycles. The van der Waals surface area contributed by atoms with Crippen molar-refractivity contribution in [2.45, 2.75) is 0 Å². The minimum atomic E-state index is -0.583. The van der Waals surface area contributed by atoms with E-state index in [0.29, 0.717) is 11.5 Å². The molecule has 0 bridgehead atoms. The molecule has 0 spiro atoms. The Hall–Kier alpha value is -3.35. The van der Waals surface area contributed by atoms with Crippen LogP contribution >= 0.6 is 0 Å². The van der Waals surface area contributed by atoms with Crippen LogP contribution in [0.2, 0.25) is 0 Å². The topological polar surface area (TPSA) is 76.7 Å². The molecular formula is C19H17FN2O4. The first-order valence-electron chi connectivity index (χ1n) is 8.02. The van der Waals surface area contributed by atoms with Gasteiger partial charge < -0.3 is 20.1 Å². The normalized spacial score (nSPS) is 12.2. The Morgan fingerprint density at radius 1 is 1.04 bits per heavy atom. The molecule has 134 valence electrons. The average molecular weight is 356 g/mol. The Labute approximate surface area is 149 Å². The summed E-state index contributed by atoms with van der Waals surface area (Å²) in [7, 11) is 0. The van der Waals surface area contributed by atoms with Crippen LogP contribution in [0.25, 0.3) is 6.08 Å². The zero-order chi connectivity index (χ0) is 18.4. The average Bonchev–Trinajstić information content (AvgIpc) is 3.11. The van der Waals surface area contributed by atoms with Gasteiger partial charge in [0, 0.05) is 19.2 Å². The van der Waals surface area contributed by atoms with Crippen LogP contribution in [0.15, 0.2) is 48.5 Å². The van der Waals surface area contributed by atoms with Crippen LogP contribution in [0.3, 0.4) is 0 Å². The van der Waals surface area contributed by atoms with Crippen molar-refractivity contribution in [3.63, 3.8) is 0 Å². The fourth-order valence-electron chi connectivity index (χ4n) is 2.35. The molecule has 0 aromatic heterocycles. The monoisotopic (exact) mass is 356 g/mol. The molecule has 7 heteroatoms. The largest absolute Gasteiger partial charge is 0.454 e. The lowest BCUT2D eigenvalue weighted by Gasteiger charge is -2.06. The lowest BCUT2D eigenvalue weighted by atomic mass is 10.2. The number of rotatable bonds is 6. The first-order valence-corrected chi connectivity index (χ1v) is 8.02. The highest BCUT2D eigenvalue weighted by atomic mass is 19.1. The van der Waals surface area contributed by atoms with Crippen LogP contribution < -0.4 is 20.1 Å². The predicted octanol–water partition coefficient (Wildman–Crippen LogP) is 2.11. The van der Waals surface area contributed by atoms with Gasteiger partial charge >= 0.3 is 0 Å². The summed E-state index contributed by atoms with van der Waals surface area (Å²) in [6, 6.07) is 11.1. The molecule has 26 heavy (non-hydrogen) atoms. The second-order valence-corrected chi connectivity index (χ2v) is 5.47. The zero-order valence-electron chi connectivity index (χ0n) is 13.8. The van der Waals surface area contributed by atoms with Gasteiger partial charge in [-0.2, -0.15) is 0 Å². The van der Waals surface area contributed by atoms with Crippen LogP contribution in [0.4, 0.5) is 4.39 Å². The maximum atomic E-state index is 13.5. The number of halogens is 1. The lowest BCUT2D eigenvalue weighted by Crippen LogP contribution is -2.34. The van der Waals surface area contributed by atoms with Crippen molar-refractivity contribution >= 4 is 17.9 Å². The first kappa shape index (κ1) is 17.5. The smallest absolute Gasteiger partial charge is 0.254 e. The van der Waals surface area contributed by atoms with Gasteiger partial charge in [0.15, 0.2) is 11.5 Å². The van der Waals surface area contributed by atoms with E-state index in [-0.39, 0.29) is 31.4 Å². The van der Waals surface area contributed by atoms with Gasteiger partial charge in [-0.25, -0.2) is 4.39 Å². The summed E-state index contributed by atoms with van der Waals surface area (Å²) in [4.78, 5) is 23.6. The molecule has 0 aliphatic carbocycles. The maximum Gasteiger partial charge on any atom is 0.254 e. The Balaban J connectivity index is 1.42. The van der Waals surface area contributed by atoms with Gasteiger partial charge in [0.05, 0.1) is 5.56 Å². The number of ether oxygens (including phenoxy) is 2. The molecule has 6 nitrogen and oxygen atoms in total. The molecule has 2 N–H and O–H groups in total. The second-order valence-electron chi connectivity index (χ2n) is 5.47. The maximum absolute atomic E-state index is 13.5. The van der Waals surface area contributed by atoms with Crippen LogP contribution in [0.5, 0.6) is 11.5 Å². The van der Waals surface area contributed by atoms with E-state index >= 15 is 0 Å². The molecule has 1 heterocycles. The summed E-state index contributed by atoms with van der Waals surface area (Å²) in [6.07, 6.45) is 3.03. The Morgan fingerprint density at radius 2 is 1.81 bits per heavy atom. The number of nitrogens with one attached hydrogen (secondary N) is 2. The molecule has 0 radical (unpaired) electrons. The molecule has 2 aromatic carbocycles. The highest BCUT2D eigenvalue weighted by molar-refractivity contribution is 5.94. The summed E-state index contributed by atoms with van der Waals surface area (Å²) >= 11 is 0. The van der Waals surface area contributed by atoms with E-state index in [1.165, 1.54) is 24.3 Å². The third-order valence-electron chi connectivity index (χ3n) is 3.65. The highest BCUT2D eigenvalue weighted by Gasteiger charge is 2.12. The molecule has 0 fully saturated rings. The summed E-state index contributed by atoms with van der Waals surface area (Å²) < 4.78 is 24.0. The van der Waals surface area contributed by atoms with E-state index in [1.54, 1.807) is 24.3 Å². The van der Waals surface area contributed by atoms with E-state index in [1.807, 2.05) is 6.07 Å². The van der Waals surface area contributed by atoms with Crippen LogP contribution in [0.1, 0.15) is 15.9 Å². The van der Waals surface area contributed by atoms with E-state index < -0.39 is 11.7 Å². The summed E-state index contributed by atoms with van der Waals surface area (Å²) in [5.41, 5.74) is 0.777. The van der Waals surface area contributed by atoms with Crippen molar-refractivity contribution in [1.82, 2.24) is 10.6 Å². The fourth-order valence-corrected chi connectivity index (χ4v) is 2.35. The number of fused-ring (bicyclic) bond motifs is 1. The SMILES string of the molecule is O=C(C=Cc1ccc2c(c1)OCO2)NCCNC(=O)c1ccccc1F. The van der Waals surface area contributed by atoms with E-state index in [9.17, 15) is 14.0 Å². The van der Waals surface area contributed by atoms with E-state index in [0.717, 1.165) is 5.56 Å². The number of benzene rings is 2. The summed E-state index contributed by atoms with van der Waals surface area (Å²) in [6.45, 7) is 0.614. The van der Waals surface area contributed by atoms with Gasteiger partial charge in [-0.3, -0.25) is 9.59 Å². The molecule has 1 aliphatic heterocycles. The van der Waals surface area contributed by atoms with Gasteiger partial charge in [0.2, 0.25) is 12.7 Å². The Morgan fingerprint density at radius 3 is 2.65 bits per heavy atom. The van der Waals surface area contributed by atoms with Crippen molar-refractivity contribution < 1.29 is 23.5 Å². The number of carbonyl (C=O) groups excluding carboxylic acids is 2. The van der Waals surface area contributed by atoms with Gasteiger partial charge in [0.25, 0.3) is 5.91 Å². The van der Waals surface area contributed by atoms with Crippen LogP contribution in [0, 0.1) is 5.82 Å². The van der Waals surface area contributed by atoms with Gasteiger partial charge in [-0.15, -0.1) is 0 Å². The molecule has 2 aromatic rings. The molecule has 3 rings (SSSR count). The minimum Gasteiger partial charge on any atom is -0.454 e. The zero-order valence-corrected chi connectivity index (χ0v) is 13.8.